The van der Waals surface area contributed by atoms with Gasteiger partial charge in [0.05, 0.1) is 32.5 Å². The Morgan fingerprint density at radius 1 is 1.00 bits per heavy atom. The zero-order valence-corrected chi connectivity index (χ0v) is 20.0. The average Bonchev–Trinajstić information content (AvgIpc) is 3.05. The Labute approximate surface area is 194 Å². The molecule has 0 bridgehead atoms. The maximum atomic E-state index is 13.3. The minimum atomic E-state index is -0.523. The molecule has 0 saturated carbocycles. The van der Waals surface area contributed by atoms with Crippen molar-refractivity contribution >= 4 is 23.6 Å². The van der Waals surface area contributed by atoms with Crippen LogP contribution in [-0.4, -0.2) is 58.7 Å². The predicted octanol–water partition coefficient (Wildman–Crippen LogP) is 3.69. The normalized spacial score (nSPS) is 14.7. The molecule has 2 aromatic rings. The number of anilines is 1. The fourth-order valence-corrected chi connectivity index (χ4v) is 3.81. The second-order valence-electron chi connectivity index (χ2n) is 7.89. The van der Waals surface area contributed by atoms with Gasteiger partial charge in [0, 0.05) is 32.0 Å². The van der Waals surface area contributed by atoms with Crippen molar-refractivity contribution in [3.05, 3.63) is 70.4 Å². The molecule has 174 valence electrons. The van der Waals surface area contributed by atoms with Crippen LogP contribution < -0.4 is 14.4 Å². The topological polar surface area (TPSA) is 68.3 Å². The first kappa shape index (κ1) is 23.9. The Morgan fingerprint density at radius 2 is 1.67 bits per heavy atom. The van der Waals surface area contributed by atoms with E-state index in [9.17, 15) is 9.59 Å². The van der Waals surface area contributed by atoms with E-state index >= 15 is 0 Å². The lowest BCUT2D eigenvalue weighted by Crippen LogP contribution is -2.27. The summed E-state index contributed by atoms with van der Waals surface area (Å²) in [5.74, 6) is 0.538. The fraction of sp³-hybridized carbons (Fsp3) is 0.308. The van der Waals surface area contributed by atoms with Crippen molar-refractivity contribution in [2.45, 2.75) is 13.3 Å². The van der Waals surface area contributed by atoms with Gasteiger partial charge >= 0.3 is 5.97 Å². The fourth-order valence-electron chi connectivity index (χ4n) is 3.81. The van der Waals surface area contributed by atoms with Gasteiger partial charge in [-0.1, -0.05) is 18.2 Å². The van der Waals surface area contributed by atoms with Gasteiger partial charge in [-0.25, -0.2) is 4.79 Å². The van der Waals surface area contributed by atoms with Crippen molar-refractivity contribution in [2.75, 3.05) is 46.9 Å². The maximum absolute atomic E-state index is 13.3. The zero-order chi connectivity index (χ0) is 24.1. The zero-order valence-electron chi connectivity index (χ0n) is 20.0. The van der Waals surface area contributed by atoms with E-state index in [1.807, 2.05) is 61.5 Å². The van der Waals surface area contributed by atoms with Gasteiger partial charge in [-0.15, -0.1) is 0 Å². The highest BCUT2D eigenvalue weighted by Gasteiger charge is 2.36. The van der Waals surface area contributed by atoms with E-state index < -0.39 is 5.97 Å². The Kier molecular flexibility index (Phi) is 7.43. The molecule has 0 atom stereocenters. The predicted molar refractivity (Wildman–Crippen MR) is 128 cm³/mol. The number of allylic oxidation sites excluding steroid dienone is 1. The van der Waals surface area contributed by atoms with Gasteiger partial charge in [0.15, 0.2) is 11.5 Å². The number of hydrogen-bond donors (Lipinski definition) is 0. The summed E-state index contributed by atoms with van der Waals surface area (Å²) in [5, 5.41) is 0. The third-order valence-corrected chi connectivity index (χ3v) is 5.69. The molecule has 0 aliphatic carbocycles. The second kappa shape index (κ2) is 10.3. The highest BCUT2D eigenvalue weighted by molar-refractivity contribution is 6.16. The molecule has 0 saturated heterocycles. The van der Waals surface area contributed by atoms with Crippen molar-refractivity contribution in [3.63, 3.8) is 0 Å². The van der Waals surface area contributed by atoms with Gasteiger partial charge in [-0.05, 0) is 54.8 Å². The van der Waals surface area contributed by atoms with Crippen LogP contribution in [0.3, 0.4) is 0 Å². The van der Waals surface area contributed by atoms with Crippen LogP contribution in [0.1, 0.15) is 18.1 Å². The van der Waals surface area contributed by atoms with Crippen molar-refractivity contribution in [2.24, 2.45) is 0 Å². The van der Waals surface area contributed by atoms with E-state index in [2.05, 4.69) is 0 Å². The lowest BCUT2D eigenvalue weighted by molar-refractivity contribution is -0.136. The Bertz CT molecular complexity index is 1100. The molecule has 1 amide bonds. The Balaban J connectivity index is 1.88. The van der Waals surface area contributed by atoms with Crippen LogP contribution >= 0.6 is 0 Å². The minimum absolute atomic E-state index is 0.218. The summed E-state index contributed by atoms with van der Waals surface area (Å²) in [6.07, 6.45) is 2.33. The molecule has 3 rings (SSSR count). The number of rotatable bonds is 8. The lowest BCUT2D eigenvalue weighted by atomic mass is 10.0. The van der Waals surface area contributed by atoms with Gasteiger partial charge < -0.3 is 24.0 Å². The molecular weight excluding hydrogens is 420 g/mol. The lowest BCUT2D eigenvalue weighted by Gasteiger charge is -2.18. The summed E-state index contributed by atoms with van der Waals surface area (Å²) in [6.45, 7) is 2.19. The summed E-state index contributed by atoms with van der Waals surface area (Å²) < 4.78 is 15.6. The molecule has 33 heavy (non-hydrogen) atoms. The standard InChI is InChI=1S/C26H30N2O5/c1-17-24(26(30)33-6)21(15-18-7-10-20(11-8-18)27(2)3)25(29)28(17)14-13-19-9-12-22(31-4)23(16-19)32-5/h7-12,15-16H,13-14H2,1-6H3. The summed E-state index contributed by atoms with van der Waals surface area (Å²) in [4.78, 5) is 29.5. The van der Waals surface area contributed by atoms with Crippen LogP contribution in [0.15, 0.2) is 59.3 Å². The van der Waals surface area contributed by atoms with Crippen LogP contribution in [0.25, 0.3) is 6.08 Å². The molecule has 0 spiro atoms. The Morgan fingerprint density at radius 3 is 2.24 bits per heavy atom. The number of esters is 1. The molecule has 0 fully saturated rings. The van der Waals surface area contributed by atoms with Gasteiger partial charge in [0.1, 0.15) is 0 Å². The van der Waals surface area contributed by atoms with Crippen LogP contribution in [0.5, 0.6) is 11.5 Å². The Hall–Kier alpha value is -3.74. The van der Waals surface area contributed by atoms with Gasteiger partial charge in [-0.3, -0.25) is 4.79 Å². The number of nitrogens with zero attached hydrogens (tertiary/aromatic N) is 2. The van der Waals surface area contributed by atoms with Gasteiger partial charge in [0.25, 0.3) is 5.91 Å². The number of methoxy groups -OCH3 is 3. The van der Waals surface area contributed by atoms with Crippen LogP contribution in [-0.2, 0) is 20.7 Å². The van der Waals surface area contributed by atoms with Crippen LogP contribution in [0.2, 0.25) is 0 Å². The van der Waals surface area contributed by atoms with Crippen molar-refractivity contribution < 1.29 is 23.8 Å². The average molecular weight is 451 g/mol. The first-order valence-electron chi connectivity index (χ1n) is 10.6. The summed E-state index contributed by atoms with van der Waals surface area (Å²) in [5.41, 5.74) is 4.09. The van der Waals surface area contributed by atoms with Crippen molar-refractivity contribution in [1.29, 1.82) is 0 Å². The molecule has 0 aromatic heterocycles. The van der Waals surface area contributed by atoms with Crippen LogP contribution in [0, 0.1) is 0 Å². The molecule has 0 radical (unpaired) electrons. The van der Waals surface area contributed by atoms with E-state index in [-0.39, 0.29) is 5.91 Å². The van der Waals surface area contributed by atoms with E-state index in [0.717, 1.165) is 16.8 Å². The number of carbonyl (C=O) groups is 2. The number of ether oxygens (including phenoxy) is 3. The summed E-state index contributed by atoms with van der Waals surface area (Å²) >= 11 is 0. The monoisotopic (exact) mass is 450 g/mol. The molecule has 1 aliphatic heterocycles. The minimum Gasteiger partial charge on any atom is -0.493 e. The molecule has 7 heteroatoms. The molecule has 0 N–H and O–H groups in total. The second-order valence-corrected chi connectivity index (χ2v) is 7.89. The molecule has 1 aliphatic rings. The number of hydrogen-bond acceptors (Lipinski definition) is 6. The first-order valence-corrected chi connectivity index (χ1v) is 10.6. The maximum Gasteiger partial charge on any atom is 0.340 e. The highest BCUT2D eigenvalue weighted by Crippen LogP contribution is 2.33. The van der Waals surface area contributed by atoms with Crippen molar-refractivity contribution in [1.82, 2.24) is 4.90 Å². The highest BCUT2D eigenvalue weighted by atomic mass is 16.5. The summed E-state index contributed by atoms with van der Waals surface area (Å²) in [6, 6.07) is 13.4. The number of amides is 1. The van der Waals surface area contributed by atoms with Crippen LogP contribution in [0.4, 0.5) is 5.69 Å². The summed E-state index contributed by atoms with van der Waals surface area (Å²) in [7, 11) is 8.43. The molecule has 7 nitrogen and oxygen atoms in total. The van der Waals surface area contributed by atoms with E-state index in [4.69, 9.17) is 14.2 Å². The van der Waals surface area contributed by atoms with Crippen molar-refractivity contribution in [3.8, 4) is 11.5 Å². The van der Waals surface area contributed by atoms with Gasteiger partial charge in [0.2, 0.25) is 0 Å². The van der Waals surface area contributed by atoms with E-state index in [0.29, 0.717) is 41.3 Å². The molecule has 2 aromatic carbocycles. The quantitative estimate of drug-likeness (QED) is 0.451. The van der Waals surface area contributed by atoms with Gasteiger partial charge in [-0.2, -0.15) is 0 Å². The third-order valence-electron chi connectivity index (χ3n) is 5.69. The molecule has 0 unspecified atom stereocenters. The smallest absolute Gasteiger partial charge is 0.340 e. The largest absolute Gasteiger partial charge is 0.493 e. The first-order chi connectivity index (χ1) is 15.8. The molecule has 1 heterocycles. The SMILES string of the molecule is COC(=O)C1=C(C)N(CCc2ccc(OC)c(OC)c2)C(=O)C1=Cc1ccc(N(C)C)cc1. The van der Waals surface area contributed by atoms with E-state index in [1.165, 1.54) is 7.11 Å². The van der Waals surface area contributed by atoms with E-state index in [1.54, 1.807) is 32.1 Å². The third kappa shape index (κ3) is 5.03. The number of benzene rings is 2. The molecular formula is C26H30N2O5. The number of carbonyl (C=O) groups excluding carboxylic acids is 2.